The van der Waals surface area contributed by atoms with Crippen molar-refractivity contribution in [2.75, 3.05) is 19.8 Å². The number of hydrogen-bond acceptors (Lipinski definition) is 7. The first-order chi connectivity index (χ1) is 17.4. The van der Waals surface area contributed by atoms with Crippen molar-refractivity contribution >= 4 is 45.2 Å². The lowest BCUT2D eigenvalue weighted by atomic mass is 10.0. The minimum absolute atomic E-state index is 0.0261. The molecule has 0 unspecified atom stereocenters. The van der Waals surface area contributed by atoms with Crippen molar-refractivity contribution in [3.8, 4) is 0 Å². The smallest absolute Gasteiger partial charge is 0.338 e. The maximum Gasteiger partial charge on any atom is 0.338 e. The lowest BCUT2D eigenvalue weighted by Crippen LogP contribution is -2.14. The fraction of sp³-hybridized carbons (Fsp3) is 0.172. The molecule has 0 aliphatic rings. The Morgan fingerprint density at radius 2 is 0.861 bits per heavy atom. The molecule has 0 spiro atoms. The van der Waals surface area contributed by atoms with Gasteiger partial charge in [-0.15, -0.1) is 0 Å². The first kappa shape index (κ1) is 24.6. The number of carbonyl (C=O) groups excluding carboxylic acids is 4. The van der Waals surface area contributed by atoms with Crippen LogP contribution in [0.3, 0.4) is 0 Å². The Labute approximate surface area is 207 Å². The average Bonchev–Trinajstić information content (AvgIpc) is 2.89. The van der Waals surface area contributed by atoms with Gasteiger partial charge in [0.1, 0.15) is 13.2 Å². The van der Waals surface area contributed by atoms with Gasteiger partial charge in [0.15, 0.2) is 5.78 Å². The molecule has 0 heterocycles. The molecule has 0 fully saturated rings. The number of ether oxygens (including phenoxy) is 3. The number of benzene rings is 4. The Bertz CT molecular complexity index is 1490. The zero-order valence-electron chi connectivity index (χ0n) is 19.9. The summed E-state index contributed by atoms with van der Waals surface area (Å²) >= 11 is 0. The lowest BCUT2D eigenvalue weighted by Gasteiger charge is -2.09. The van der Waals surface area contributed by atoms with Gasteiger partial charge in [-0.3, -0.25) is 4.79 Å². The summed E-state index contributed by atoms with van der Waals surface area (Å²) in [6.45, 7) is 3.35. The predicted octanol–water partition coefficient (Wildman–Crippen LogP) is 5.39. The van der Waals surface area contributed by atoms with Crippen LogP contribution in [-0.2, 0) is 14.2 Å². The van der Waals surface area contributed by atoms with E-state index in [4.69, 9.17) is 14.2 Å². The van der Waals surface area contributed by atoms with E-state index in [1.807, 2.05) is 0 Å². The highest BCUT2D eigenvalue weighted by molar-refractivity contribution is 6.01. The average molecular weight is 485 g/mol. The van der Waals surface area contributed by atoms with E-state index >= 15 is 0 Å². The van der Waals surface area contributed by atoms with Gasteiger partial charge in [-0.1, -0.05) is 30.3 Å². The number of Topliss-reactive ketones (excluding diaryl/α,β-unsaturated/α-hetero) is 1. The fourth-order valence-electron chi connectivity index (χ4n) is 3.74. The summed E-state index contributed by atoms with van der Waals surface area (Å²) in [5.41, 5.74) is 1.75. The summed E-state index contributed by atoms with van der Waals surface area (Å²) in [5.74, 6) is -1.51. The minimum Gasteiger partial charge on any atom is -0.462 e. The molecule has 182 valence electrons. The number of fused-ring (bicyclic) bond motifs is 2. The molecule has 0 aliphatic heterocycles. The Hall–Kier alpha value is -4.52. The van der Waals surface area contributed by atoms with Crippen LogP contribution in [0.25, 0.3) is 21.5 Å². The van der Waals surface area contributed by atoms with Gasteiger partial charge in [-0.25, -0.2) is 14.4 Å². The van der Waals surface area contributed by atoms with Crippen LogP contribution in [0.1, 0.15) is 55.3 Å². The van der Waals surface area contributed by atoms with Gasteiger partial charge in [0.2, 0.25) is 0 Å². The molecular formula is C29H24O7. The number of ketones is 1. The zero-order valence-corrected chi connectivity index (χ0v) is 19.9. The van der Waals surface area contributed by atoms with Crippen LogP contribution in [0, 0.1) is 0 Å². The van der Waals surface area contributed by atoms with Crippen LogP contribution < -0.4 is 0 Å². The van der Waals surface area contributed by atoms with Crippen molar-refractivity contribution in [3.05, 3.63) is 95.1 Å². The van der Waals surface area contributed by atoms with Crippen molar-refractivity contribution in [1.29, 1.82) is 0 Å². The van der Waals surface area contributed by atoms with Gasteiger partial charge in [-0.2, -0.15) is 0 Å². The van der Waals surface area contributed by atoms with Gasteiger partial charge < -0.3 is 14.2 Å². The third-order valence-electron chi connectivity index (χ3n) is 5.62. The molecule has 0 amide bonds. The summed E-state index contributed by atoms with van der Waals surface area (Å²) in [6, 6.07) is 20.4. The van der Waals surface area contributed by atoms with E-state index in [2.05, 4.69) is 0 Å². The van der Waals surface area contributed by atoms with Gasteiger partial charge in [0.25, 0.3) is 0 Å². The molecule has 7 heteroatoms. The van der Waals surface area contributed by atoms with E-state index in [1.165, 1.54) is 6.92 Å². The highest BCUT2D eigenvalue weighted by Crippen LogP contribution is 2.20. The van der Waals surface area contributed by atoms with Gasteiger partial charge in [0, 0.05) is 5.56 Å². The summed E-state index contributed by atoms with van der Waals surface area (Å²) < 4.78 is 15.5. The molecule has 0 bridgehead atoms. The SMILES string of the molecule is CCOC(=O)c1ccc2cc(C(=O)OCCOC(=O)c3ccc4cc(C(C)=O)ccc4c3)ccc2c1. The molecule has 0 atom stereocenters. The summed E-state index contributed by atoms with van der Waals surface area (Å²) in [4.78, 5) is 48.2. The predicted molar refractivity (Wildman–Crippen MR) is 134 cm³/mol. The largest absolute Gasteiger partial charge is 0.462 e. The fourth-order valence-corrected chi connectivity index (χ4v) is 3.74. The quantitative estimate of drug-likeness (QED) is 0.143. The monoisotopic (exact) mass is 484 g/mol. The van der Waals surface area contributed by atoms with Crippen molar-refractivity contribution in [2.24, 2.45) is 0 Å². The summed E-state index contributed by atoms with van der Waals surface area (Å²) in [6.07, 6.45) is 0. The van der Waals surface area contributed by atoms with Crippen LogP contribution in [0.15, 0.2) is 72.8 Å². The van der Waals surface area contributed by atoms with Crippen LogP contribution >= 0.6 is 0 Å². The Kier molecular flexibility index (Phi) is 7.39. The van der Waals surface area contributed by atoms with Crippen LogP contribution in [0.2, 0.25) is 0 Å². The molecule has 0 radical (unpaired) electrons. The molecule has 4 aromatic rings. The van der Waals surface area contributed by atoms with Gasteiger partial charge in [-0.05, 0) is 77.9 Å². The standard InChI is InChI=1S/C29H24O7/c1-3-34-27(31)24-9-7-23-17-26(11-8-22(23)15-24)29(33)36-13-12-35-28(32)25-10-6-20-14-19(18(2)30)4-5-21(20)16-25/h4-11,14-17H,3,12-13H2,1-2H3. The number of rotatable bonds is 8. The number of carbonyl (C=O) groups is 4. The zero-order chi connectivity index (χ0) is 25.7. The molecule has 36 heavy (non-hydrogen) atoms. The lowest BCUT2D eigenvalue weighted by molar-refractivity contribution is 0.0266. The first-order valence-electron chi connectivity index (χ1n) is 11.5. The van der Waals surface area contributed by atoms with Crippen LogP contribution in [0.5, 0.6) is 0 Å². The number of hydrogen-bond donors (Lipinski definition) is 0. The van der Waals surface area contributed by atoms with Gasteiger partial charge in [0.05, 0.1) is 23.3 Å². The van der Waals surface area contributed by atoms with Crippen LogP contribution in [0.4, 0.5) is 0 Å². The van der Waals surface area contributed by atoms with E-state index < -0.39 is 17.9 Å². The molecule has 0 saturated heterocycles. The van der Waals surface area contributed by atoms with E-state index in [0.29, 0.717) is 28.9 Å². The molecule has 4 rings (SSSR count). The van der Waals surface area contributed by atoms with Crippen molar-refractivity contribution in [3.63, 3.8) is 0 Å². The number of esters is 3. The molecular weight excluding hydrogens is 460 g/mol. The van der Waals surface area contributed by atoms with Gasteiger partial charge >= 0.3 is 17.9 Å². The molecule has 0 aliphatic carbocycles. The van der Waals surface area contributed by atoms with E-state index in [9.17, 15) is 19.2 Å². The van der Waals surface area contributed by atoms with Crippen LogP contribution in [-0.4, -0.2) is 43.5 Å². The highest BCUT2D eigenvalue weighted by Gasteiger charge is 2.13. The Morgan fingerprint density at radius 1 is 0.528 bits per heavy atom. The molecule has 0 saturated carbocycles. The van der Waals surface area contributed by atoms with Crippen molar-refractivity contribution in [2.45, 2.75) is 13.8 Å². The second-order valence-corrected chi connectivity index (χ2v) is 8.10. The Morgan fingerprint density at radius 3 is 1.22 bits per heavy atom. The molecule has 0 aromatic heterocycles. The second kappa shape index (κ2) is 10.8. The molecule has 0 N–H and O–H groups in total. The van der Waals surface area contributed by atoms with E-state index in [0.717, 1.165) is 21.5 Å². The molecule has 7 nitrogen and oxygen atoms in total. The Balaban J connectivity index is 1.32. The van der Waals surface area contributed by atoms with E-state index in [1.54, 1.807) is 79.7 Å². The van der Waals surface area contributed by atoms with Crippen molar-refractivity contribution in [1.82, 2.24) is 0 Å². The minimum atomic E-state index is -0.547. The maximum atomic E-state index is 12.4. The molecule has 4 aromatic carbocycles. The second-order valence-electron chi connectivity index (χ2n) is 8.10. The van der Waals surface area contributed by atoms with E-state index in [-0.39, 0.29) is 19.0 Å². The normalized spacial score (nSPS) is 10.7. The first-order valence-corrected chi connectivity index (χ1v) is 11.5. The maximum absolute atomic E-state index is 12.4. The highest BCUT2D eigenvalue weighted by atomic mass is 16.6. The summed E-state index contributed by atoms with van der Waals surface area (Å²) in [7, 11) is 0. The summed E-state index contributed by atoms with van der Waals surface area (Å²) in [5, 5.41) is 3.22. The topological polar surface area (TPSA) is 96.0 Å². The third-order valence-corrected chi connectivity index (χ3v) is 5.62. The third kappa shape index (κ3) is 5.58. The van der Waals surface area contributed by atoms with Crippen molar-refractivity contribution < 1.29 is 33.4 Å².